The smallest absolute Gasteiger partial charge is 0.304 e. The zero-order valence-corrected chi connectivity index (χ0v) is 18.3. The second-order valence-corrected chi connectivity index (χ2v) is 8.01. The maximum Gasteiger partial charge on any atom is 0.304 e. The van der Waals surface area contributed by atoms with E-state index in [1.54, 1.807) is 11.9 Å². The monoisotopic (exact) mass is 430 g/mol. The van der Waals surface area contributed by atoms with Crippen molar-refractivity contribution in [1.29, 1.82) is 0 Å². The minimum Gasteiger partial charge on any atom is -0.481 e. The third-order valence-electron chi connectivity index (χ3n) is 5.38. The Bertz CT molecular complexity index is 735. The zero-order chi connectivity index (χ0) is 22.5. The number of hydrogen-bond acceptors (Lipinski definition) is 4. The SMILES string of the molecule is CN1CCCCC=CCCC[C@H](CC(=O)O)C(=O)N[C@@H](COCc2ccccc2)C1=O. The summed E-state index contributed by atoms with van der Waals surface area (Å²) in [5.74, 6) is -2.32. The lowest BCUT2D eigenvalue weighted by atomic mass is 9.96. The Morgan fingerprint density at radius 3 is 2.55 bits per heavy atom. The summed E-state index contributed by atoms with van der Waals surface area (Å²) in [6.07, 6.45) is 8.76. The Labute approximate surface area is 184 Å². The summed E-state index contributed by atoms with van der Waals surface area (Å²) in [6, 6.07) is 8.75. The highest BCUT2D eigenvalue weighted by molar-refractivity contribution is 5.89. The van der Waals surface area contributed by atoms with E-state index >= 15 is 0 Å². The van der Waals surface area contributed by atoms with Gasteiger partial charge in [0.25, 0.3) is 0 Å². The molecule has 31 heavy (non-hydrogen) atoms. The topological polar surface area (TPSA) is 95.9 Å². The van der Waals surface area contributed by atoms with Crippen LogP contribution in [0.25, 0.3) is 0 Å². The fourth-order valence-corrected chi connectivity index (χ4v) is 3.57. The quantitative estimate of drug-likeness (QED) is 0.676. The number of carboxylic acids is 1. The first-order valence-electron chi connectivity index (χ1n) is 11.0. The molecule has 2 atom stereocenters. The van der Waals surface area contributed by atoms with E-state index in [0.29, 0.717) is 19.6 Å². The Hall–Kier alpha value is -2.67. The van der Waals surface area contributed by atoms with Crippen LogP contribution < -0.4 is 5.32 Å². The van der Waals surface area contributed by atoms with Crippen LogP contribution >= 0.6 is 0 Å². The first kappa shape index (κ1) is 24.6. The number of aliphatic carboxylic acids is 1. The fourth-order valence-electron chi connectivity index (χ4n) is 3.57. The summed E-state index contributed by atoms with van der Waals surface area (Å²) in [6.45, 7) is 0.954. The van der Waals surface area contributed by atoms with Gasteiger partial charge in [0.2, 0.25) is 11.8 Å². The number of nitrogens with zero attached hydrogens (tertiary/aromatic N) is 1. The van der Waals surface area contributed by atoms with E-state index in [1.807, 2.05) is 30.3 Å². The van der Waals surface area contributed by atoms with Crippen LogP contribution in [-0.2, 0) is 25.7 Å². The number of rotatable bonds is 6. The summed E-state index contributed by atoms with van der Waals surface area (Å²) < 4.78 is 5.74. The molecule has 0 saturated carbocycles. The van der Waals surface area contributed by atoms with E-state index in [-0.39, 0.29) is 18.9 Å². The van der Waals surface area contributed by atoms with Gasteiger partial charge < -0.3 is 20.1 Å². The van der Waals surface area contributed by atoms with Crippen molar-refractivity contribution in [3.63, 3.8) is 0 Å². The minimum absolute atomic E-state index is 0.0329. The van der Waals surface area contributed by atoms with Crippen LogP contribution in [0.1, 0.15) is 50.5 Å². The Morgan fingerprint density at radius 1 is 1.13 bits per heavy atom. The summed E-state index contributed by atoms with van der Waals surface area (Å²) in [7, 11) is 1.72. The van der Waals surface area contributed by atoms with Crippen LogP contribution in [0.3, 0.4) is 0 Å². The van der Waals surface area contributed by atoms with Crippen molar-refractivity contribution in [3.05, 3.63) is 48.0 Å². The normalized spacial score (nSPS) is 21.8. The van der Waals surface area contributed by atoms with Crippen LogP contribution in [-0.4, -0.2) is 54.0 Å². The van der Waals surface area contributed by atoms with Crippen molar-refractivity contribution >= 4 is 17.8 Å². The molecular weight excluding hydrogens is 396 g/mol. The maximum atomic E-state index is 13.0. The summed E-state index contributed by atoms with van der Waals surface area (Å²) in [5, 5.41) is 12.0. The molecule has 170 valence electrons. The van der Waals surface area contributed by atoms with Gasteiger partial charge in [-0.05, 0) is 44.1 Å². The number of nitrogens with one attached hydrogen (secondary N) is 1. The fraction of sp³-hybridized carbons (Fsp3) is 0.542. The summed E-state index contributed by atoms with van der Waals surface area (Å²) in [5.41, 5.74) is 0.975. The molecule has 7 nitrogen and oxygen atoms in total. The van der Waals surface area contributed by atoms with Gasteiger partial charge in [0.1, 0.15) is 6.04 Å². The molecule has 1 aliphatic rings. The molecule has 1 aliphatic heterocycles. The Kier molecular flexibility index (Phi) is 10.8. The highest BCUT2D eigenvalue weighted by atomic mass is 16.5. The number of ether oxygens (including phenoxy) is 1. The molecular formula is C24H34N2O5. The third kappa shape index (κ3) is 9.34. The number of allylic oxidation sites excluding steroid dienone is 2. The molecule has 1 aromatic rings. The van der Waals surface area contributed by atoms with Crippen molar-refractivity contribution in [2.75, 3.05) is 20.2 Å². The van der Waals surface area contributed by atoms with Gasteiger partial charge >= 0.3 is 5.97 Å². The summed E-state index contributed by atoms with van der Waals surface area (Å²) >= 11 is 0. The first-order chi connectivity index (χ1) is 15.0. The zero-order valence-electron chi connectivity index (χ0n) is 18.3. The lowest BCUT2D eigenvalue weighted by Crippen LogP contribution is -2.51. The van der Waals surface area contributed by atoms with Crippen LogP contribution in [0.2, 0.25) is 0 Å². The molecule has 0 saturated heterocycles. The molecule has 0 radical (unpaired) electrons. The van der Waals surface area contributed by atoms with Gasteiger partial charge in [-0.1, -0.05) is 42.5 Å². The lowest BCUT2D eigenvalue weighted by Gasteiger charge is -2.26. The largest absolute Gasteiger partial charge is 0.481 e. The van der Waals surface area contributed by atoms with Crippen molar-refractivity contribution in [1.82, 2.24) is 10.2 Å². The van der Waals surface area contributed by atoms with Crippen molar-refractivity contribution in [3.8, 4) is 0 Å². The van der Waals surface area contributed by atoms with E-state index in [9.17, 15) is 19.5 Å². The molecule has 2 N–H and O–H groups in total. The number of carbonyl (C=O) groups excluding carboxylic acids is 2. The van der Waals surface area contributed by atoms with Gasteiger partial charge in [0.05, 0.1) is 19.6 Å². The van der Waals surface area contributed by atoms with E-state index in [4.69, 9.17) is 4.74 Å². The van der Waals surface area contributed by atoms with Crippen LogP contribution in [0, 0.1) is 5.92 Å². The third-order valence-corrected chi connectivity index (χ3v) is 5.38. The average Bonchev–Trinajstić information content (AvgIpc) is 2.75. The van der Waals surface area contributed by atoms with Crippen molar-refractivity contribution in [2.45, 2.75) is 57.6 Å². The average molecular weight is 431 g/mol. The van der Waals surface area contributed by atoms with Crippen LogP contribution in [0.5, 0.6) is 0 Å². The number of amides is 2. The van der Waals surface area contributed by atoms with Gasteiger partial charge in [-0.25, -0.2) is 0 Å². The van der Waals surface area contributed by atoms with E-state index < -0.39 is 23.8 Å². The number of benzene rings is 1. The molecule has 0 aliphatic carbocycles. The Balaban J connectivity index is 2.09. The van der Waals surface area contributed by atoms with Gasteiger partial charge in [-0.15, -0.1) is 0 Å². The highest BCUT2D eigenvalue weighted by Crippen LogP contribution is 2.15. The molecule has 0 fully saturated rings. The second-order valence-electron chi connectivity index (χ2n) is 8.01. The number of carbonyl (C=O) groups is 3. The van der Waals surface area contributed by atoms with Gasteiger partial charge in [-0.3, -0.25) is 14.4 Å². The molecule has 1 aromatic carbocycles. The van der Waals surface area contributed by atoms with Crippen molar-refractivity contribution < 1.29 is 24.2 Å². The molecule has 2 rings (SSSR count). The minimum atomic E-state index is -1.02. The number of likely N-dealkylation sites (N-methyl/N-ethyl adjacent to an activating group) is 1. The van der Waals surface area contributed by atoms with E-state index in [1.165, 1.54) is 0 Å². The highest BCUT2D eigenvalue weighted by Gasteiger charge is 2.28. The standard InChI is InChI=1S/C24H34N2O5/c1-26-15-11-6-4-2-3-5-10-14-20(16-22(27)28)23(29)25-21(24(26)30)18-31-17-19-12-8-7-9-13-19/h2-3,7-9,12-13,20-21H,4-6,10-11,14-18H2,1H3,(H,25,29)(H,27,28)/t20-,21+/m1/s1. The predicted octanol–water partition coefficient (Wildman–Crippen LogP) is 3.15. The van der Waals surface area contributed by atoms with Crippen molar-refractivity contribution in [2.24, 2.45) is 5.92 Å². The molecule has 1 heterocycles. The molecule has 0 spiro atoms. The first-order valence-corrected chi connectivity index (χ1v) is 11.0. The molecule has 0 aromatic heterocycles. The van der Waals surface area contributed by atoms with Gasteiger partial charge in [-0.2, -0.15) is 0 Å². The molecule has 2 amide bonds. The molecule has 7 heteroatoms. The van der Waals surface area contributed by atoms with Crippen LogP contribution in [0.4, 0.5) is 0 Å². The van der Waals surface area contributed by atoms with Crippen LogP contribution in [0.15, 0.2) is 42.5 Å². The Morgan fingerprint density at radius 2 is 1.84 bits per heavy atom. The summed E-state index contributed by atoms with van der Waals surface area (Å²) in [4.78, 5) is 38.7. The van der Waals surface area contributed by atoms with E-state index in [0.717, 1.165) is 37.7 Å². The van der Waals surface area contributed by atoms with Gasteiger partial charge in [0.15, 0.2) is 0 Å². The second kappa shape index (κ2) is 13.6. The predicted molar refractivity (Wildman–Crippen MR) is 118 cm³/mol. The molecule has 0 unspecified atom stereocenters. The lowest BCUT2D eigenvalue weighted by molar-refractivity contribution is -0.142. The number of carboxylic acid groups (broad SMARTS) is 1. The van der Waals surface area contributed by atoms with Gasteiger partial charge in [0, 0.05) is 19.5 Å². The molecule has 0 bridgehead atoms. The maximum absolute atomic E-state index is 13.0. The van der Waals surface area contributed by atoms with E-state index in [2.05, 4.69) is 17.5 Å². The number of hydrogen-bond donors (Lipinski definition) is 2.